The first-order valence-electron chi connectivity index (χ1n) is 5.34. The van der Waals surface area contributed by atoms with Crippen molar-refractivity contribution in [2.45, 2.75) is 6.92 Å². The molecule has 0 fully saturated rings. The minimum Gasteiger partial charge on any atom is -0.384 e. The number of anilines is 2. The molecule has 0 bridgehead atoms. The molecule has 0 spiro atoms. The Labute approximate surface area is 103 Å². The van der Waals surface area contributed by atoms with E-state index in [2.05, 4.69) is 10.4 Å². The number of hydrogen-bond acceptors (Lipinski definition) is 3. The molecule has 1 amide bonds. The van der Waals surface area contributed by atoms with Crippen molar-refractivity contribution in [3.63, 3.8) is 0 Å². The minimum absolute atomic E-state index is 0.191. The lowest BCUT2D eigenvalue weighted by molar-refractivity contribution is 0.102. The van der Waals surface area contributed by atoms with Crippen molar-refractivity contribution in [3.05, 3.63) is 41.3 Å². The summed E-state index contributed by atoms with van der Waals surface area (Å²) in [5, 5.41) is 6.49. The quantitative estimate of drug-likeness (QED) is 0.849. The van der Waals surface area contributed by atoms with Gasteiger partial charge in [0.2, 0.25) is 0 Å². The molecule has 2 aromatic rings. The molecule has 0 atom stereocenters. The van der Waals surface area contributed by atoms with E-state index in [4.69, 9.17) is 5.73 Å². The number of aryl methyl sites for hydroxylation is 2. The van der Waals surface area contributed by atoms with Crippen LogP contribution >= 0.6 is 0 Å². The molecule has 18 heavy (non-hydrogen) atoms. The van der Waals surface area contributed by atoms with Crippen molar-refractivity contribution in [3.8, 4) is 0 Å². The predicted molar refractivity (Wildman–Crippen MR) is 66.7 cm³/mol. The second-order valence-electron chi connectivity index (χ2n) is 4.00. The van der Waals surface area contributed by atoms with Gasteiger partial charge in [-0.25, -0.2) is 4.39 Å². The van der Waals surface area contributed by atoms with Gasteiger partial charge in [0.25, 0.3) is 5.91 Å². The number of benzene rings is 1. The fraction of sp³-hybridized carbons (Fsp3) is 0.167. The maximum Gasteiger partial charge on any atom is 0.276 e. The van der Waals surface area contributed by atoms with Crippen LogP contribution < -0.4 is 11.1 Å². The van der Waals surface area contributed by atoms with Crippen molar-refractivity contribution in [1.82, 2.24) is 9.78 Å². The summed E-state index contributed by atoms with van der Waals surface area (Å²) in [6.45, 7) is 1.65. The highest BCUT2D eigenvalue weighted by molar-refractivity contribution is 6.03. The van der Waals surface area contributed by atoms with Crippen molar-refractivity contribution in [1.29, 1.82) is 0 Å². The summed E-state index contributed by atoms with van der Waals surface area (Å²) in [7, 11) is 1.64. The van der Waals surface area contributed by atoms with Gasteiger partial charge in [-0.15, -0.1) is 0 Å². The van der Waals surface area contributed by atoms with Gasteiger partial charge < -0.3 is 11.1 Å². The average molecular weight is 248 g/mol. The highest BCUT2D eigenvalue weighted by Gasteiger charge is 2.12. The second-order valence-corrected chi connectivity index (χ2v) is 4.00. The Kier molecular flexibility index (Phi) is 3.01. The van der Waals surface area contributed by atoms with Crippen LogP contribution in [0, 0.1) is 12.7 Å². The molecule has 5 nitrogen and oxygen atoms in total. The first-order chi connectivity index (χ1) is 8.47. The summed E-state index contributed by atoms with van der Waals surface area (Å²) in [6.07, 6.45) is 0. The number of aromatic nitrogens is 2. The van der Waals surface area contributed by atoms with Crippen LogP contribution in [0.5, 0.6) is 0 Å². The number of nitrogen functional groups attached to an aromatic ring is 1. The fourth-order valence-corrected chi connectivity index (χ4v) is 1.46. The summed E-state index contributed by atoms with van der Waals surface area (Å²) in [4.78, 5) is 11.8. The maximum atomic E-state index is 13.3. The molecule has 2 rings (SSSR count). The Balaban J connectivity index is 2.18. The minimum atomic E-state index is -0.425. The van der Waals surface area contributed by atoms with Crippen LogP contribution in [0.2, 0.25) is 0 Å². The second kappa shape index (κ2) is 4.48. The Morgan fingerprint density at radius 2 is 2.17 bits per heavy atom. The lowest BCUT2D eigenvalue weighted by Crippen LogP contribution is -2.13. The van der Waals surface area contributed by atoms with Crippen LogP contribution in [0.3, 0.4) is 0 Å². The van der Waals surface area contributed by atoms with Crippen molar-refractivity contribution in [2.75, 3.05) is 11.1 Å². The molecule has 1 aromatic carbocycles. The summed E-state index contributed by atoms with van der Waals surface area (Å²) in [5.74, 6) is -0.408. The molecule has 0 unspecified atom stereocenters. The summed E-state index contributed by atoms with van der Waals surface area (Å²) < 4.78 is 14.7. The number of hydrogen-bond donors (Lipinski definition) is 2. The van der Waals surface area contributed by atoms with Gasteiger partial charge in [0.1, 0.15) is 11.6 Å². The van der Waals surface area contributed by atoms with Crippen LogP contribution in [0.1, 0.15) is 16.1 Å². The highest BCUT2D eigenvalue weighted by Crippen LogP contribution is 2.15. The molecule has 0 saturated carbocycles. The molecule has 0 radical (unpaired) electrons. The number of halogens is 1. The molecule has 1 heterocycles. The topological polar surface area (TPSA) is 72.9 Å². The van der Waals surface area contributed by atoms with E-state index in [1.54, 1.807) is 26.1 Å². The van der Waals surface area contributed by atoms with Crippen LogP contribution in [0.25, 0.3) is 0 Å². The zero-order valence-corrected chi connectivity index (χ0v) is 10.1. The van der Waals surface area contributed by atoms with Gasteiger partial charge in [-0.2, -0.15) is 5.10 Å². The first kappa shape index (κ1) is 12.1. The summed E-state index contributed by atoms with van der Waals surface area (Å²) >= 11 is 0. The largest absolute Gasteiger partial charge is 0.384 e. The average Bonchev–Trinajstić information content (AvgIpc) is 2.65. The van der Waals surface area contributed by atoms with E-state index in [9.17, 15) is 9.18 Å². The molecule has 6 heteroatoms. The normalized spacial score (nSPS) is 10.4. The van der Waals surface area contributed by atoms with Gasteiger partial charge in [-0.3, -0.25) is 9.48 Å². The van der Waals surface area contributed by atoms with Crippen molar-refractivity contribution < 1.29 is 9.18 Å². The fourth-order valence-electron chi connectivity index (χ4n) is 1.46. The van der Waals surface area contributed by atoms with Crippen LogP contribution in [-0.4, -0.2) is 15.7 Å². The van der Waals surface area contributed by atoms with E-state index in [0.717, 1.165) is 0 Å². The molecule has 3 N–H and O–H groups in total. The van der Waals surface area contributed by atoms with E-state index in [-0.39, 0.29) is 11.5 Å². The van der Waals surface area contributed by atoms with Crippen LogP contribution in [-0.2, 0) is 7.05 Å². The van der Waals surface area contributed by atoms with E-state index >= 15 is 0 Å². The number of carbonyl (C=O) groups is 1. The molecule has 0 aliphatic heterocycles. The summed E-state index contributed by atoms with van der Waals surface area (Å²) in [6, 6.07) is 5.94. The molecule has 94 valence electrons. The highest BCUT2D eigenvalue weighted by atomic mass is 19.1. The lowest BCUT2D eigenvalue weighted by atomic mass is 10.2. The molecule has 0 aliphatic carbocycles. The van der Waals surface area contributed by atoms with Crippen LogP contribution in [0.15, 0.2) is 24.3 Å². The molecule has 0 saturated heterocycles. The van der Waals surface area contributed by atoms with Gasteiger partial charge >= 0.3 is 0 Å². The predicted octanol–water partition coefficient (Wildman–Crippen LogP) is 1.70. The standard InChI is InChI=1S/C12H13FN4O/c1-7-3-4-8(5-9(7)13)15-12(18)10-6-11(14)17(2)16-10/h3-6H,14H2,1-2H3,(H,15,18). The first-order valence-corrected chi connectivity index (χ1v) is 5.34. The van der Waals surface area contributed by atoms with E-state index in [1.807, 2.05) is 0 Å². The van der Waals surface area contributed by atoms with Gasteiger partial charge in [0.15, 0.2) is 5.69 Å². The van der Waals surface area contributed by atoms with Crippen molar-refractivity contribution >= 4 is 17.4 Å². The number of rotatable bonds is 2. The molecular formula is C12H13FN4O. The molecular weight excluding hydrogens is 235 g/mol. The summed E-state index contributed by atoms with van der Waals surface area (Å²) in [5.41, 5.74) is 6.67. The molecule has 1 aromatic heterocycles. The Bertz CT molecular complexity index is 587. The smallest absolute Gasteiger partial charge is 0.276 e. The number of amides is 1. The molecule has 0 aliphatic rings. The van der Waals surface area contributed by atoms with Crippen LogP contribution in [0.4, 0.5) is 15.9 Å². The van der Waals surface area contributed by atoms with Gasteiger partial charge in [0.05, 0.1) is 0 Å². The number of nitrogens with zero attached hydrogens (tertiary/aromatic N) is 2. The van der Waals surface area contributed by atoms with Gasteiger partial charge in [0, 0.05) is 18.8 Å². The van der Waals surface area contributed by atoms with E-state index in [1.165, 1.54) is 16.8 Å². The lowest BCUT2D eigenvalue weighted by Gasteiger charge is -2.04. The number of nitrogens with two attached hydrogens (primary N) is 1. The Morgan fingerprint density at radius 1 is 1.44 bits per heavy atom. The Morgan fingerprint density at radius 3 is 2.72 bits per heavy atom. The van der Waals surface area contributed by atoms with Crippen molar-refractivity contribution in [2.24, 2.45) is 7.05 Å². The zero-order valence-electron chi connectivity index (χ0n) is 10.1. The van der Waals surface area contributed by atoms with Gasteiger partial charge in [-0.1, -0.05) is 6.07 Å². The van der Waals surface area contributed by atoms with E-state index in [0.29, 0.717) is 17.1 Å². The number of nitrogens with one attached hydrogen (secondary N) is 1. The van der Waals surface area contributed by atoms with Gasteiger partial charge in [-0.05, 0) is 24.6 Å². The Hall–Kier alpha value is -2.37. The maximum absolute atomic E-state index is 13.3. The number of carbonyl (C=O) groups excluding carboxylic acids is 1. The zero-order chi connectivity index (χ0) is 13.3. The third kappa shape index (κ3) is 2.32. The third-order valence-electron chi connectivity index (χ3n) is 2.58. The monoisotopic (exact) mass is 248 g/mol. The third-order valence-corrected chi connectivity index (χ3v) is 2.58. The SMILES string of the molecule is Cc1ccc(NC(=O)c2cc(N)n(C)n2)cc1F. The van der Waals surface area contributed by atoms with E-state index < -0.39 is 5.91 Å².